The summed E-state index contributed by atoms with van der Waals surface area (Å²) in [5, 5.41) is 2.59. The molecule has 3 heteroatoms. The van der Waals surface area contributed by atoms with Crippen molar-refractivity contribution >= 4 is 18.7 Å². The molecule has 0 aliphatic carbocycles. The SMILES string of the molecule is C=C[C@@H]1O[C@H]1[C@@H](C)O[Si](c1ccccc1)(c1ccccc1)C(C)(C)C. The molecule has 2 nitrogen and oxygen atoms in total. The molecule has 2 aromatic rings. The van der Waals surface area contributed by atoms with Crippen LogP contribution in [0.2, 0.25) is 5.04 Å². The number of ether oxygens (including phenoxy) is 1. The van der Waals surface area contributed by atoms with Crippen LogP contribution in [0, 0.1) is 0 Å². The molecule has 0 amide bonds. The topological polar surface area (TPSA) is 21.8 Å². The van der Waals surface area contributed by atoms with Gasteiger partial charge in [-0.2, -0.15) is 0 Å². The van der Waals surface area contributed by atoms with Crippen LogP contribution in [0.15, 0.2) is 73.3 Å². The molecule has 132 valence electrons. The number of epoxide rings is 1. The molecule has 25 heavy (non-hydrogen) atoms. The largest absolute Gasteiger partial charge is 0.402 e. The van der Waals surface area contributed by atoms with Gasteiger partial charge in [-0.25, -0.2) is 0 Å². The maximum Gasteiger partial charge on any atom is 0.261 e. The minimum absolute atomic E-state index is 0.0114. The fourth-order valence-electron chi connectivity index (χ4n) is 3.74. The Morgan fingerprint density at radius 1 is 1.00 bits per heavy atom. The second-order valence-electron chi connectivity index (χ2n) is 7.79. The van der Waals surface area contributed by atoms with Crippen LogP contribution in [0.5, 0.6) is 0 Å². The third-order valence-corrected chi connectivity index (χ3v) is 10.2. The zero-order chi connectivity index (χ0) is 18.1. The second-order valence-corrected chi connectivity index (χ2v) is 12.0. The average Bonchev–Trinajstić information content (AvgIpc) is 3.40. The minimum Gasteiger partial charge on any atom is -0.402 e. The second kappa shape index (κ2) is 6.91. The third-order valence-electron chi connectivity index (χ3n) is 5.04. The molecule has 1 saturated heterocycles. The molecule has 0 saturated carbocycles. The summed E-state index contributed by atoms with van der Waals surface area (Å²) in [5.41, 5.74) is 0. The Morgan fingerprint density at radius 3 is 1.84 bits per heavy atom. The Labute approximate surface area is 152 Å². The molecule has 1 aliphatic heterocycles. The maximum absolute atomic E-state index is 7.00. The molecule has 1 heterocycles. The molecule has 0 spiro atoms. The maximum atomic E-state index is 7.00. The van der Waals surface area contributed by atoms with E-state index in [1.807, 2.05) is 6.08 Å². The number of hydrogen-bond acceptors (Lipinski definition) is 2. The van der Waals surface area contributed by atoms with Crippen molar-refractivity contribution in [3.05, 3.63) is 73.3 Å². The van der Waals surface area contributed by atoms with Crippen molar-refractivity contribution in [2.75, 3.05) is 0 Å². The van der Waals surface area contributed by atoms with Crippen molar-refractivity contribution in [1.29, 1.82) is 0 Å². The van der Waals surface area contributed by atoms with Gasteiger partial charge in [-0.3, -0.25) is 0 Å². The standard InChI is InChI=1S/C22H28O2Si/c1-6-20-21(23-20)17(2)24-25(22(3,4)5,18-13-9-7-10-14-18)19-15-11-8-12-16-19/h6-17,20-21H,1H2,2-5H3/t17-,20+,21+/m1/s1. The Balaban J connectivity index is 2.11. The Kier molecular flexibility index (Phi) is 5.01. The summed E-state index contributed by atoms with van der Waals surface area (Å²) in [6.07, 6.45) is 2.12. The predicted octanol–water partition coefficient (Wildman–Crippen LogP) is 3.90. The first-order valence-electron chi connectivity index (χ1n) is 8.97. The molecule has 3 rings (SSSR count). The van der Waals surface area contributed by atoms with Crippen LogP contribution >= 0.6 is 0 Å². The highest BCUT2D eigenvalue weighted by atomic mass is 28.4. The van der Waals surface area contributed by atoms with Crippen molar-refractivity contribution in [2.45, 2.75) is 51.0 Å². The van der Waals surface area contributed by atoms with Gasteiger partial charge in [0.2, 0.25) is 0 Å². The van der Waals surface area contributed by atoms with Crippen molar-refractivity contribution in [1.82, 2.24) is 0 Å². The van der Waals surface area contributed by atoms with Crippen LogP contribution in [0.3, 0.4) is 0 Å². The quantitative estimate of drug-likeness (QED) is 0.447. The fourth-order valence-corrected chi connectivity index (χ4v) is 8.45. The van der Waals surface area contributed by atoms with Crippen molar-refractivity contribution in [2.24, 2.45) is 0 Å². The summed E-state index contributed by atoms with van der Waals surface area (Å²) >= 11 is 0. The molecule has 0 unspecified atom stereocenters. The zero-order valence-electron chi connectivity index (χ0n) is 15.6. The Morgan fingerprint density at radius 2 is 1.48 bits per heavy atom. The summed E-state index contributed by atoms with van der Waals surface area (Å²) in [6.45, 7) is 12.9. The van der Waals surface area contributed by atoms with E-state index in [0.717, 1.165) is 0 Å². The first-order chi connectivity index (χ1) is 11.9. The van der Waals surface area contributed by atoms with E-state index in [4.69, 9.17) is 9.16 Å². The van der Waals surface area contributed by atoms with Gasteiger partial charge in [-0.1, -0.05) is 87.5 Å². The Bertz CT molecular complexity index is 666. The van der Waals surface area contributed by atoms with Gasteiger partial charge in [-0.15, -0.1) is 6.58 Å². The van der Waals surface area contributed by atoms with Gasteiger partial charge in [0.15, 0.2) is 0 Å². The van der Waals surface area contributed by atoms with Crippen molar-refractivity contribution < 1.29 is 9.16 Å². The smallest absolute Gasteiger partial charge is 0.261 e. The summed E-state index contributed by atoms with van der Waals surface area (Å²) in [5.74, 6) is 0. The lowest BCUT2D eigenvalue weighted by molar-refractivity contribution is 0.164. The fraction of sp³-hybridized carbons (Fsp3) is 0.364. The summed E-state index contributed by atoms with van der Waals surface area (Å²) < 4.78 is 12.7. The minimum atomic E-state index is -2.49. The molecular weight excluding hydrogens is 324 g/mol. The summed E-state index contributed by atoms with van der Waals surface area (Å²) in [4.78, 5) is 0. The van der Waals surface area contributed by atoms with Crippen LogP contribution in [-0.4, -0.2) is 26.6 Å². The van der Waals surface area contributed by atoms with Gasteiger partial charge in [0.25, 0.3) is 8.32 Å². The molecule has 0 bridgehead atoms. The van der Waals surface area contributed by atoms with E-state index in [1.165, 1.54) is 10.4 Å². The number of rotatable bonds is 6. The predicted molar refractivity (Wildman–Crippen MR) is 107 cm³/mol. The van der Waals surface area contributed by atoms with Gasteiger partial charge < -0.3 is 9.16 Å². The molecule has 3 atom stereocenters. The van der Waals surface area contributed by atoms with E-state index in [9.17, 15) is 0 Å². The van der Waals surface area contributed by atoms with Crippen LogP contribution in [-0.2, 0) is 9.16 Å². The van der Waals surface area contributed by atoms with Gasteiger partial charge in [0.1, 0.15) is 12.2 Å². The highest BCUT2D eigenvalue weighted by Gasteiger charge is 2.53. The van der Waals surface area contributed by atoms with Crippen LogP contribution in [0.1, 0.15) is 27.7 Å². The van der Waals surface area contributed by atoms with E-state index in [1.54, 1.807) is 0 Å². The monoisotopic (exact) mass is 352 g/mol. The van der Waals surface area contributed by atoms with Crippen LogP contribution < -0.4 is 10.4 Å². The third kappa shape index (κ3) is 3.37. The summed E-state index contributed by atoms with van der Waals surface area (Å²) in [6, 6.07) is 21.5. The molecule has 2 aromatic carbocycles. The molecule has 0 aromatic heterocycles. The van der Waals surface area contributed by atoms with Gasteiger partial charge in [-0.05, 0) is 22.3 Å². The highest BCUT2D eigenvalue weighted by Crippen LogP contribution is 2.39. The molecule has 0 N–H and O–H groups in total. The van der Waals surface area contributed by atoms with E-state index in [0.29, 0.717) is 0 Å². The lowest BCUT2D eigenvalue weighted by Crippen LogP contribution is -2.68. The van der Waals surface area contributed by atoms with Crippen LogP contribution in [0.4, 0.5) is 0 Å². The summed E-state index contributed by atoms with van der Waals surface area (Å²) in [7, 11) is -2.49. The molecule has 1 aliphatic rings. The van der Waals surface area contributed by atoms with Gasteiger partial charge in [0, 0.05) is 0 Å². The average molecular weight is 353 g/mol. The molecular formula is C22H28O2Si. The normalized spacial score (nSPS) is 21.6. The molecule has 1 fully saturated rings. The van der Waals surface area contributed by atoms with Crippen molar-refractivity contribution in [3.8, 4) is 0 Å². The number of hydrogen-bond donors (Lipinski definition) is 0. The van der Waals surface area contributed by atoms with Gasteiger partial charge >= 0.3 is 0 Å². The van der Waals surface area contributed by atoms with E-state index < -0.39 is 8.32 Å². The van der Waals surface area contributed by atoms with Crippen molar-refractivity contribution in [3.63, 3.8) is 0 Å². The molecule has 0 radical (unpaired) electrons. The van der Waals surface area contributed by atoms with E-state index in [-0.39, 0.29) is 23.4 Å². The number of benzene rings is 2. The first-order valence-corrected chi connectivity index (χ1v) is 10.9. The zero-order valence-corrected chi connectivity index (χ0v) is 16.6. The highest BCUT2D eigenvalue weighted by molar-refractivity contribution is 6.99. The lowest BCUT2D eigenvalue weighted by atomic mass is 10.2. The van der Waals surface area contributed by atoms with Gasteiger partial charge in [0.05, 0.1) is 6.10 Å². The lowest BCUT2D eigenvalue weighted by Gasteiger charge is -2.44. The Hall–Kier alpha value is -1.68. The first kappa shape index (κ1) is 18.1. The van der Waals surface area contributed by atoms with Crippen LogP contribution in [0.25, 0.3) is 0 Å². The van der Waals surface area contributed by atoms with E-state index in [2.05, 4.69) is 94.9 Å². The van der Waals surface area contributed by atoms with E-state index >= 15 is 0 Å².